The SMILES string of the molecule is CCCCn1c(=O)c2c(NC)[nH]nc2n(CCCl)c1=O. The molecule has 0 aromatic carbocycles. The summed E-state index contributed by atoms with van der Waals surface area (Å²) in [6.07, 6.45) is 1.68. The molecule has 0 spiro atoms. The van der Waals surface area contributed by atoms with E-state index in [1.807, 2.05) is 6.92 Å². The third-order valence-electron chi connectivity index (χ3n) is 3.22. The minimum absolute atomic E-state index is 0.280. The molecule has 0 unspecified atom stereocenters. The molecule has 2 rings (SSSR count). The van der Waals surface area contributed by atoms with E-state index in [1.54, 1.807) is 7.05 Å². The van der Waals surface area contributed by atoms with Gasteiger partial charge in [-0.3, -0.25) is 19.0 Å². The van der Waals surface area contributed by atoms with Crippen LogP contribution in [0.5, 0.6) is 0 Å². The van der Waals surface area contributed by atoms with Crippen molar-refractivity contribution in [3.8, 4) is 0 Å². The number of nitrogens with zero attached hydrogens (tertiary/aromatic N) is 3. The fourth-order valence-corrected chi connectivity index (χ4v) is 2.34. The van der Waals surface area contributed by atoms with Crippen LogP contribution in [-0.4, -0.2) is 32.3 Å². The van der Waals surface area contributed by atoms with Crippen LogP contribution >= 0.6 is 11.6 Å². The minimum Gasteiger partial charge on any atom is -0.373 e. The van der Waals surface area contributed by atoms with Crippen molar-refractivity contribution in [2.75, 3.05) is 18.2 Å². The summed E-state index contributed by atoms with van der Waals surface area (Å²) in [6, 6.07) is 0. The number of aromatic nitrogens is 4. The third-order valence-corrected chi connectivity index (χ3v) is 3.39. The molecular formula is C12H18ClN5O2. The van der Waals surface area contributed by atoms with E-state index < -0.39 is 0 Å². The topological polar surface area (TPSA) is 84.7 Å². The van der Waals surface area contributed by atoms with E-state index in [0.29, 0.717) is 29.9 Å². The molecule has 20 heavy (non-hydrogen) atoms. The van der Waals surface area contributed by atoms with E-state index in [1.165, 1.54) is 9.13 Å². The van der Waals surface area contributed by atoms with Gasteiger partial charge in [-0.15, -0.1) is 11.6 Å². The number of aryl methyl sites for hydroxylation is 1. The average molecular weight is 300 g/mol. The number of halogens is 1. The highest BCUT2D eigenvalue weighted by atomic mass is 35.5. The Balaban J connectivity index is 2.78. The van der Waals surface area contributed by atoms with Crippen molar-refractivity contribution in [1.82, 2.24) is 19.3 Å². The second kappa shape index (κ2) is 6.13. The lowest BCUT2D eigenvalue weighted by atomic mass is 10.3. The number of aromatic amines is 1. The van der Waals surface area contributed by atoms with E-state index in [-0.39, 0.29) is 17.1 Å². The largest absolute Gasteiger partial charge is 0.373 e. The molecule has 0 aliphatic heterocycles. The second-order valence-electron chi connectivity index (χ2n) is 4.48. The molecule has 2 heterocycles. The zero-order chi connectivity index (χ0) is 14.7. The Hall–Kier alpha value is -1.76. The Morgan fingerprint density at radius 2 is 2.05 bits per heavy atom. The van der Waals surface area contributed by atoms with Gasteiger partial charge < -0.3 is 5.32 Å². The number of fused-ring (bicyclic) bond motifs is 1. The highest BCUT2D eigenvalue weighted by Gasteiger charge is 2.18. The summed E-state index contributed by atoms with van der Waals surface area (Å²) in [5.41, 5.74) is -0.328. The molecule has 0 aliphatic rings. The Morgan fingerprint density at radius 1 is 1.30 bits per heavy atom. The first kappa shape index (κ1) is 14.6. The number of alkyl halides is 1. The monoisotopic (exact) mass is 299 g/mol. The Kier molecular flexibility index (Phi) is 4.49. The molecule has 8 heteroatoms. The maximum atomic E-state index is 12.5. The van der Waals surface area contributed by atoms with Crippen LogP contribution in [0.1, 0.15) is 19.8 Å². The standard InChI is InChI=1S/C12H18ClN5O2/c1-3-4-6-18-11(19)8-9(14-2)15-16-10(8)17(7-5-13)12(18)20/h3-7H2,1-2H3,(H2,14,15,16). The van der Waals surface area contributed by atoms with Crippen LogP contribution in [0.4, 0.5) is 5.82 Å². The molecule has 0 atom stereocenters. The van der Waals surface area contributed by atoms with Gasteiger partial charge in [-0.05, 0) is 6.42 Å². The number of hydrogen-bond donors (Lipinski definition) is 2. The van der Waals surface area contributed by atoms with Gasteiger partial charge in [0.15, 0.2) is 5.65 Å². The zero-order valence-electron chi connectivity index (χ0n) is 11.6. The third kappa shape index (κ3) is 2.33. The number of anilines is 1. The van der Waals surface area contributed by atoms with Gasteiger partial charge >= 0.3 is 5.69 Å². The van der Waals surface area contributed by atoms with Crippen molar-refractivity contribution in [1.29, 1.82) is 0 Å². The molecule has 0 radical (unpaired) electrons. The first-order chi connectivity index (χ1) is 9.65. The summed E-state index contributed by atoms with van der Waals surface area (Å²) in [5.74, 6) is 0.793. The second-order valence-corrected chi connectivity index (χ2v) is 4.86. The van der Waals surface area contributed by atoms with Crippen molar-refractivity contribution in [3.63, 3.8) is 0 Å². The summed E-state index contributed by atoms with van der Waals surface area (Å²) in [5, 5.41) is 10.1. The summed E-state index contributed by atoms with van der Waals surface area (Å²) in [6.45, 7) is 2.73. The molecule has 0 saturated carbocycles. The quantitative estimate of drug-likeness (QED) is 0.778. The van der Waals surface area contributed by atoms with Crippen molar-refractivity contribution >= 4 is 28.5 Å². The highest BCUT2D eigenvalue weighted by Crippen LogP contribution is 2.14. The Morgan fingerprint density at radius 3 is 2.65 bits per heavy atom. The van der Waals surface area contributed by atoms with Crippen molar-refractivity contribution in [3.05, 3.63) is 20.8 Å². The number of H-pyrrole nitrogens is 1. The lowest BCUT2D eigenvalue weighted by molar-refractivity contribution is 0.553. The number of rotatable bonds is 6. The van der Waals surface area contributed by atoms with Gasteiger partial charge in [-0.1, -0.05) is 13.3 Å². The predicted molar refractivity (Wildman–Crippen MR) is 79.8 cm³/mol. The van der Waals surface area contributed by atoms with E-state index in [9.17, 15) is 9.59 Å². The van der Waals surface area contributed by atoms with Gasteiger partial charge in [0, 0.05) is 26.0 Å². The summed E-state index contributed by atoms with van der Waals surface area (Å²) >= 11 is 5.74. The number of unbranched alkanes of at least 4 members (excludes halogenated alkanes) is 1. The molecule has 0 bridgehead atoms. The van der Waals surface area contributed by atoms with Gasteiger partial charge in [0.1, 0.15) is 11.2 Å². The van der Waals surface area contributed by atoms with Gasteiger partial charge in [0.2, 0.25) is 0 Å². The lowest BCUT2D eigenvalue weighted by Crippen LogP contribution is -2.40. The molecule has 0 aliphatic carbocycles. The molecule has 0 saturated heterocycles. The molecule has 2 aromatic heterocycles. The summed E-state index contributed by atoms with van der Waals surface area (Å²) in [7, 11) is 1.69. The lowest BCUT2D eigenvalue weighted by Gasteiger charge is -2.10. The fraction of sp³-hybridized carbons (Fsp3) is 0.583. The van der Waals surface area contributed by atoms with Gasteiger partial charge in [0.25, 0.3) is 5.56 Å². The molecule has 110 valence electrons. The van der Waals surface area contributed by atoms with E-state index in [4.69, 9.17) is 11.6 Å². The zero-order valence-corrected chi connectivity index (χ0v) is 12.3. The van der Waals surface area contributed by atoms with Crippen LogP contribution in [0.2, 0.25) is 0 Å². The van der Waals surface area contributed by atoms with E-state index >= 15 is 0 Å². The first-order valence-electron chi connectivity index (χ1n) is 6.61. The van der Waals surface area contributed by atoms with Gasteiger partial charge in [-0.25, -0.2) is 4.79 Å². The van der Waals surface area contributed by atoms with Crippen molar-refractivity contribution in [2.24, 2.45) is 0 Å². The maximum absolute atomic E-state index is 12.5. The minimum atomic E-state index is -0.356. The number of hydrogen-bond acceptors (Lipinski definition) is 4. The van der Waals surface area contributed by atoms with Gasteiger partial charge in [0.05, 0.1) is 0 Å². The Bertz CT molecular complexity index is 715. The van der Waals surface area contributed by atoms with Crippen LogP contribution in [0.15, 0.2) is 9.59 Å². The first-order valence-corrected chi connectivity index (χ1v) is 7.14. The number of nitrogens with one attached hydrogen (secondary N) is 2. The van der Waals surface area contributed by atoms with Crippen LogP contribution in [0, 0.1) is 0 Å². The predicted octanol–water partition coefficient (Wildman–Crippen LogP) is 0.967. The molecule has 0 amide bonds. The smallest absolute Gasteiger partial charge is 0.332 e. The van der Waals surface area contributed by atoms with Crippen LogP contribution < -0.4 is 16.6 Å². The molecule has 0 fully saturated rings. The van der Waals surface area contributed by atoms with Crippen molar-refractivity contribution in [2.45, 2.75) is 32.9 Å². The van der Waals surface area contributed by atoms with Crippen LogP contribution in [0.3, 0.4) is 0 Å². The van der Waals surface area contributed by atoms with Gasteiger partial charge in [-0.2, -0.15) is 5.10 Å². The fourth-order valence-electron chi connectivity index (χ4n) is 2.17. The van der Waals surface area contributed by atoms with Crippen LogP contribution in [-0.2, 0) is 13.1 Å². The maximum Gasteiger partial charge on any atom is 0.332 e. The Labute approximate surface area is 120 Å². The summed E-state index contributed by atoms with van der Waals surface area (Å²) in [4.78, 5) is 24.9. The normalized spacial score (nSPS) is 11.2. The molecule has 2 N–H and O–H groups in total. The van der Waals surface area contributed by atoms with E-state index in [2.05, 4.69) is 15.5 Å². The average Bonchev–Trinajstić information content (AvgIpc) is 2.87. The van der Waals surface area contributed by atoms with Crippen molar-refractivity contribution < 1.29 is 0 Å². The summed E-state index contributed by atoms with van der Waals surface area (Å²) < 4.78 is 2.70. The molecular weight excluding hydrogens is 282 g/mol. The van der Waals surface area contributed by atoms with E-state index in [0.717, 1.165) is 12.8 Å². The van der Waals surface area contributed by atoms with Crippen LogP contribution in [0.25, 0.3) is 11.0 Å². The highest BCUT2D eigenvalue weighted by molar-refractivity contribution is 6.17. The molecule has 7 nitrogen and oxygen atoms in total. The molecule has 2 aromatic rings.